The van der Waals surface area contributed by atoms with Gasteiger partial charge < -0.3 is 14.6 Å². The van der Waals surface area contributed by atoms with Gasteiger partial charge in [0.1, 0.15) is 13.3 Å². The average molecular weight is 376 g/mol. The third-order valence-electron chi connectivity index (χ3n) is 3.59. The van der Waals surface area contributed by atoms with Crippen LogP contribution in [0.15, 0.2) is 41.3 Å². The highest BCUT2D eigenvalue weighted by Crippen LogP contribution is 2.10. The number of carbonyl (C=O) groups is 1. The molecule has 0 saturated carbocycles. The lowest BCUT2D eigenvalue weighted by molar-refractivity contribution is 0.0650. The molecule has 26 heavy (non-hydrogen) atoms. The van der Waals surface area contributed by atoms with Crippen molar-refractivity contribution in [2.75, 3.05) is 6.61 Å². The van der Waals surface area contributed by atoms with Gasteiger partial charge in [-0.05, 0) is 11.6 Å². The van der Waals surface area contributed by atoms with Crippen molar-refractivity contribution in [2.24, 2.45) is 0 Å². The van der Waals surface area contributed by atoms with E-state index in [9.17, 15) is 14.7 Å². The van der Waals surface area contributed by atoms with Crippen LogP contribution < -0.4 is 10.2 Å². The van der Waals surface area contributed by atoms with Gasteiger partial charge in [0.25, 0.3) is 5.43 Å². The van der Waals surface area contributed by atoms with E-state index in [1.165, 1.54) is 10.9 Å². The summed E-state index contributed by atoms with van der Waals surface area (Å²) in [5.74, 6) is -1.45. The molecule has 0 unspecified atom stereocenters. The number of aromatic carboxylic acids is 1. The van der Waals surface area contributed by atoms with Crippen LogP contribution >= 0.6 is 0 Å². The Morgan fingerprint density at radius 3 is 2.54 bits per heavy atom. The van der Waals surface area contributed by atoms with Crippen LogP contribution in [0.25, 0.3) is 0 Å². The molecular weight excluding hydrogens is 352 g/mol. The highest BCUT2D eigenvalue weighted by Gasteiger charge is 2.17. The lowest BCUT2D eigenvalue weighted by atomic mass is 10.2. The van der Waals surface area contributed by atoms with E-state index in [1.807, 2.05) is 30.3 Å². The molecule has 1 heterocycles. The van der Waals surface area contributed by atoms with E-state index >= 15 is 0 Å². The number of carboxylic acid groups (broad SMARTS) is 1. The van der Waals surface area contributed by atoms with Gasteiger partial charge in [-0.25, -0.2) is 9.48 Å². The summed E-state index contributed by atoms with van der Waals surface area (Å²) >= 11 is 0. The van der Waals surface area contributed by atoms with Gasteiger partial charge >= 0.3 is 5.97 Å². The van der Waals surface area contributed by atoms with Crippen LogP contribution in [0, 0.1) is 0 Å². The van der Waals surface area contributed by atoms with Crippen LogP contribution in [0.5, 0.6) is 5.75 Å². The predicted octanol–water partition coefficient (Wildman–Crippen LogP) is 2.83. The smallest absolute Gasteiger partial charge is 0.360 e. The first-order valence-electron chi connectivity index (χ1n) is 8.36. The minimum absolute atomic E-state index is 0.0601. The number of rotatable bonds is 9. The molecule has 2 aromatic rings. The fraction of sp³-hybridized carbons (Fsp3) is 0.389. The van der Waals surface area contributed by atoms with Crippen molar-refractivity contribution in [2.45, 2.75) is 39.0 Å². The topological polar surface area (TPSA) is 90.7 Å². The summed E-state index contributed by atoms with van der Waals surface area (Å²) in [7, 11) is -1.22. The molecule has 0 bridgehead atoms. The molecule has 0 aliphatic heterocycles. The fourth-order valence-corrected chi connectivity index (χ4v) is 2.85. The molecule has 0 aliphatic carbocycles. The molecule has 8 heteroatoms. The molecule has 0 spiro atoms. The first kappa shape index (κ1) is 19.9. The quantitative estimate of drug-likeness (QED) is 0.534. The molecule has 1 aromatic heterocycles. The van der Waals surface area contributed by atoms with Gasteiger partial charge in [-0.3, -0.25) is 4.79 Å². The summed E-state index contributed by atoms with van der Waals surface area (Å²) in [6, 6.07) is 10.3. The van der Waals surface area contributed by atoms with Crippen molar-refractivity contribution in [3.63, 3.8) is 0 Å². The SMILES string of the molecule is C[Si](C)(C)CCOCn1cc(OCc2ccccc2)c(=O)c(C(=O)O)n1. The maximum Gasteiger partial charge on any atom is 0.360 e. The molecular formula is C18H24N2O5Si. The van der Waals surface area contributed by atoms with Gasteiger partial charge in [0.15, 0.2) is 5.75 Å². The molecule has 1 aromatic carbocycles. The number of hydrogen-bond acceptors (Lipinski definition) is 5. The van der Waals surface area contributed by atoms with E-state index in [0.717, 1.165) is 11.6 Å². The van der Waals surface area contributed by atoms with Crippen molar-refractivity contribution >= 4 is 14.0 Å². The first-order valence-corrected chi connectivity index (χ1v) is 12.1. The lowest BCUT2D eigenvalue weighted by Crippen LogP contribution is -2.25. The normalized spacial score (nSPS) is 11.3. The minimum atomic E-state index is -1.39. The lowest BCUT2D eigenvalue weighted by Gasteiger charge is -2.16. The molecule has 1 N–H and O–H groups in total. The molecule has 7 nitrogen and oxygen atoms in total. The van der Waals surface area contributed by atoms with Crippen LogP contribution in [0.4, 0.5) is 0 Å². The zero-order valence-electron chi connectivity index (χ0n) is 15.3. The van der Waals surface area contributed by atoms with Crippen LogP contribution in [0.2, 0.25) is 25.7 Å². The Morgan fingerprint density at radius 2 is 1.92 bits per heavy atom. The maximum atomic E-state index is 12.2. The van der Waals surface area contributed by atoms with Gasteiger partial charge in [-0.15, -0.1) is 0 Å². The summed E-state index contributed by atoms with van der Waals surface area (Å²) in [5.41, 5.74) is -0.449. The zero-order valence-corrected chi connectivity index (χ0v) is 16.3. The van der Waals surface area contributed by atoms with Gasteiger partial charge in [0.05, 0.1) is 6.20 Å². The van der Waals surface area contributed by atoms with E-state index in [4.69, 9.17) is 9.47 Å². The van der Waals surface area contributed by atoms with Crippen LogP contribution in [-0.2, 0) is 18.1 Å². The average Bonchev–Trinajstić information content (AvgIpc) is 2.58. The van der Waals surface area contributed by atoms with E-state index < -0.39 is 25.2 Å². The zero-order chi connectivity index (χ0) is 19.2. The molecule has 140 valence electrons. The largest absolute Gasteiger partial charge is 0.483 e. The number of carboxylic acids is 1. The van der Waals surface area contributed by atoms with Gasteiger partial charge in [0, 0.05) is 14.7 Å². The van der Waals surface area contributed by atoms with Gasteiger partial charge in [-0.2, -0.15) is 5.10 Å². The van der Waals surface area contributed by atoms with Crippen molar-refractivity contribution in [3.8, 4) is 5.75 Å². The van der Waals surface area contributed by atoms with E-state index in [0.29, 0.717) is 6.61 Å². The Hall–Kier alpha value is -2.45. The summed E-state index contributed by atoms with van der Waals surface area (Å²) in [4.78, 5) is 23.5. The second-order valence-electron chi connectivity index (χ2n) is 7.14. The van der Waals surface area contributed by atoms with Crippen LogP contribution in [-0.4, -0.2) is 35.5 Å². The van der Waals surface area contributed by atoms with E-state index in [-0.39, 0.29) is 19.1 Å². The maximum absolute atomic E-state index is 12.2. The Kier molecular flexibility index (Phi) is 6.70. The Bertz CT molecular complexity index is 799. The molecule has 0 radical (unpaired) electrons. The standard InChI is InChI=1S/C18H24N2O5Si/c1-26(2,3)10-9-24-13-20-11-15(17(21)16(19-20)18(22)23)25-12-14-7-5-4-6-8-14/h4-8,11H,9-10,12-13H2,1-3H3,(H,22,23). The number of hydrogen-bond donors (Lipinski definition) is 1. The molecule has 0 atom stereocenters. The Balaban J connectivity index is 2.12. The molecule has 2 rings (SSSR count). The number of benzene rings is 1. The van der Waals surface area contributed by atoms with E-state index in [2.05, 4.69) is 24.7 Å². The first-order chi connectivity index (χ1) is 12.3. The number of nitrogens with zero attached hydrogens (tertiary/aromatic N) is 2. The predicted molar refractivity (Wildman–Crippen MR) is 100 cm³/mol. The highest BCUT2D eigenvalue weighted by atomic mass is 28.3. The summed E-state index contributed by atoms with van der Waals surface area (Å²) in [6.45, 7) is 7.51. The van der Waals surface area contributed by atoms with E-state index in [1.54, 1.807) is 0 Å². The summed E-state index contributed by atoms with van der Waals surface area (Å²) in [5, 5.41) is 13.0. The molecule has 0 amide bonds. The van der Waals surface area contributed by atoms with Crippen molar-refractivity contribution < 1.29 is 19.4 Å². The third kappa shape index (κ3) is 6.12. The number of ether oxygens (including phenoxy) is 2. The fourth-order valence-electron chi connectivity index (χ4n) is 2.09. The number of aromatic nitrogens is 2. The van der Waals surface area contributed by atoms with Crippen molar-refractivity contribution in [3.05, 3.63) is 58.0 Å². The molecule has 0 fully saturated rings. The van der Waals surface area contributed by atoms with Crippen molar-refractivity contribution in [1.29, 1.82) is 0 Å². The Labute approximate surface area is 153 Å². The minimum Gasteiger partial charge on any atom is -0.483 e. The van der Waals surface area contributed by atoms with Crippen LogP contribution in [0.3, 0.4) is 0 Å². The summed E-state index contributed by atoms with van der Waals surface area (Å²) < 4.78 is 12.4. The molecule has 0 saturated heterocycles. The Morgan fingerprint density at radius 1 is 1.23 bits per heavy atom. The van der Waals surface area contributed by atoms with Gasteiger partial charge in [0.2, 0.25) is 5.69 Å². The molecule has 0 aliphatic rings. The monoisotopic (exact) mass is 376 g/mol. The van der Waals surface area contributed by atoms with Crippen LogP contribution in [0.1, 0.15) is 16.1 Å². The summed E-state index contributed by atoms with van der Waals surface area (Å²) in [6.07, 6.45) is 1.38. The van der Waals surface area contributed by atoms with Crippen molar-refractivity contribution in [1.82, 2.24) is 9.78 Å². The second kappa shape index (κ2) is 8.77. The van der Waals surface area contributed by atoms with Gasteiger partial charge in [-0.1, -0.05) is 50.0 Å². The second-order valence-corrected chi connectivity index (χ2v) is 12.8. The highest BCUT2D eigenvalue weighted by molar-refractivity contribution is 6.76. The third-order valence-corrected chi connectivity index (χ3v) is 5.30.